The van der Waals surface area contributed by atoms with Gasteiger partial charge in [0.25, 0.3) is 5.91 Å². The van der Waals surface area contributed by atoms with E-state index in [2.05, 4.69) is 17.9 Å². The first-order valence-corrected chi connectivity index (χ1v) is 5.89. The molecule has 2 aromatic rings. The number of methoxy groups -OCH3 is 1. The van der Waals surface area contributed by atoms with E-state index >= 15 is 0 Å². The smallest absolute Gasteiger partial charge is 0.259 e. The lowest BCUT2D eigenvalue weighted by Gasteiger charge is -2.10. The average molecular weight is 259 g/mol. The van der Waals surface area contributed by atoms with Crippen LogP contribution in [0.3, 0.4) is 0 Å². The third-order valence-electron chi connectivity index (χ3n) is 2.50. The molecule has 0 saturated heterocycles. The van der Waals surface area contributed by atoms with Crippen molar-refractivity contribution >= 4 is 24.2 Å². The van der Waals surface area contributed by atoms with Gasteiger partial charge < -0.3 is 10.1 Å². The first-order valence-electron chi connectivity index (χ1n) is 5.44. The standard InChI is InChI=1S/C14H13NO2S/c1-17-12-8-4-2-6-10(12)14(16)15-11-7-3-5-9-13(11)18/h2-9,18H,1H3,(H,15,16). The highest BCUT2D eigenvalue weighted by molar-refractivity contribution is 7.80. The van der Waals surface area contributed by atoms with Crippen molar-refractivity contribution in [3.8, 4) is 5.75 Å². The van der Waals surface area contributed by atoms with Crippen molar-refractivity contribution in [3.05, 3.63) is 54.1 Å². The van der Waals surface area contributed by atoms with Crippen LogP contribution in [-0.2, 0) is 0 Å². The average Bonchev–Trinajstić information content (AvgIpc) is 2.41. The molecule has 0 bridgehead atoms. The molecule has 0 aliphatic carbocycles. The highest BCUT2D eigenvalue weighted by Crippen LogP contribution is 2.22. The number of hydrogen-bond acceptors (Lipinski definition) is 3. The molecule has 2 rings (SSSR count). The normalized spacial score (nSPS) is 9.89. The summed E-state index contributed by atoms with van der Waals surface area (Å²) in [6.07, 6.45) is 0. The van der Waals surface area contributed by atoms with Gasteiger partial charge in [0.15, 0.2) is 0 Å². The molecule has 4 heteroatoms. The molecule has 0 aliphatic heterocycles. The van der Waals surface area contributed by atoms with Gasteiger partial charge in [-0.2, -0.15) is 0 Å². The highest BCUT2D eigenvalue weighted by atomic mass is 32.1. The number of rotatable bonds is 3. The molecular formula is C14H13NO2S. The minimum absolute atomic E-state index is 0.214. The molecule has 0 saturated carbocycles. The van der Waals surface area contributed by atoms with Gasteiger partial charge >= 0.3 is 0 Å². The summed E-state index contributed by atoms with van der Waals surface area (Å²) in [6, 6.07) is 14.4. The van der Waals surface area contributed by atoms with Gasteiger partial charge in [-0.15, -0.1) is 12.6 Å². The first-order chi connectivity index (χ1) is 8.72. The van der Waals surface area contributed by atoms with Gasteiger partial charge in [-0.3, -0.25) is 4.79 Å². The molecule has 1 amide bonds. The molecule has 0 fully saturated rings. The lowest BCUT2D eigenvalue weighted by Crippen LogP contribution is -2.13. The van der Waals surface area contributed by atoms with Crippen LogP contribution in [0, 0.1) is 0 Å². The Labute approximate surface area is 111 Å². The number of hydrogen-bond donors (Lipinski definition) is 2. The first kappa shape index (κ1) is 12.5. The summed E-state index contributed by atoms with van der Waals surface area (Å²) >= 11 is 4.29. The summed E-state index contributed by atoms with van der Waals surface area (Å²) < 4.78 is 5.15. The van der Waals surface area contributed by atoms with E-state index in [0.717, 1.165) is 4.90 Å². The molecule has 3 nitrogen and oxygen atoms in total. The number of nitrogens with one attached hydrogen (secondary N) is 1. The van der Waals surface area contributed by atoms with Gasteiger partial charge in [0, 0.05) is 4.90 Å². The van der Waals surface area contributed by atoms with E-state index in [1.165, 1.54) is 0 Å². The van der Waals surface area contributed by atoms with E-state index in [0.29, 0.717) is 17.0 Å². The Morgan fingerprint density at radius 1 is 1.11 bits per heavy atom. The van der Waals surface area contributed by atoms with Gasteiger partial charge in [-0.05, 0) is 24.3 Å². The van der Waals surface area contributed by atoms with Crippen LogP contribution in [0.4, 0.5) is 5.69 Å². The lowest BCUT2D eigenvalue weighted by molar-refractivity contribution is 0.102. The predicted octanol–water partition coefficient (Wildman–Crippen LogP) is 3.24. The second-order valence-electron chi connectivity index (χ2n) is 3.67. The van der Waals surface area contributed by atoms with Gasteiger partial charge in [0.05, 0.1) is 18.4 Å². The third-order valence-corrected chi connectivity index (χ3v) is 2.89. The fourth-order valence-corrected chi connectivity index (χ4v) is 1.82. The number of carbonyl (C=O) groups excluding carboxylic acids is 1. The highest BCUT2D eigenvalue weighted by Gasteiger charge is 2.12. The van der Waals surface area contributed by atoms with E-state index in [1.54, 1.807) is 31.4 Å². The van der Waals surface area contributed by atoms with Gasteiger partial charge in [0.1, 0.15) is 5.75 Å². The summed E-state index contributed by atoms with van der Waals surface area (Å²) in [5.74, 6) is 0.334. The van der Waals surface area contributed by atoms with Crippen molar-refractivity contribution in [2.24, 2.45) is 0 Å². The zero-order valence-electron chi connectivity index (χ0n) is 9.88. The van der Waals surface area contributed by atoms with Crippen molar-refractivity contribution in [2.75, 3.05) is 12.4 Å². The fourth-order valence-electron chi connectivity index (χ4n) is 1.60. The number of ether oxygens (including phenoxy) is 1. The van der Waals surface area contributed by atoms with Crippen LogP contribution in [0.5, 0.6) is 5.75 Å². The van der Waals surface area contributed by atoms with Crippen molar-refractivity contribution in [2.45, 2.75) is 4.90 Å². The number of thiol groups is 1. The summed E-state index contributed by atoms with van der Waals surface area (Å²) in [7, 11) is 1.54. The van der Waals surface area contributed by atoms with E-state index in [1.807, 2.05) is 24.3 Å². The molecule has 18 heavy (non-hydrogen) atoms. The fraction of sp³-hybridized carbons (Fsp3) is 0.0714. The van der Waals surface area contributed by atoms with Crippen LogP contribution in [0.2, 0.25) is 0 Å². The van der Waals surface area contributed by atoms with Crippen LogP contribution in [0.1, 0.15) is 10.4 Å². The number of para-hydroxylation sites is 2. The summed E-state index contributed by atoms with van der Waals surface area (Å²) in [6.45, 7) is 0. The Bertz CT molecular complexity index is 569. The molecule has 0 atom stereocenters. The Hall–Kier alpha value is -1.94. The molecule has 0 radical (unpaired) electrons. The molecule has 0 heterocycles. The monoisotopic (exact) mass is 259 g/mol. The topological polar surface area (TPSA) is 38.3 Å². The van der Waals surface area contributed by atoms with E-state index < -0.39 is 0 Å². The second-order valence-corrected chi connectivity index (χ2v) is 4.15. The maximum atomic E-state index is 12.1. The van der Waals surface area contributed by atoms with Crippen molar-refractivity contribution in [1.29, 1.82) is 0 Å². The van der Waals surface area contributed by atoms with Crippen LogP contribution >= 0.6 is 12.6 Å². The molecular weight excluding hydrogens is 246 g/mol. The van der Waals surface area contributed by atoms with Crippen LogP contribution in [0.15, 0.2) is 53.4 Å². The number of anilines is 1. The summed E-state index contributed by atoms with van der Waals surface area (Å²) in [4.78, 5) is 12.8. The van der Waals surface area contributed by atoms with Crippen molar-refractivity contribution in [1.82, 2.24) is 0 Å². The summed E-state index contributed by atoms with van der Waals surface area (Å²) in [5, 5.41) is 2.81. The van der Waals surface area contributed by atoms with Gasteiger partial charge in [0.2, 0.25) is 0 Å². The van der Waals surface area contributed by atoms with E-state index in [9.17, 15) is 4.79 Å². The van der Waals surface area contributed by atoms with E-state index in [4.69, 9.17) is 4.74 Å². The Kier molecular flexibility index (Phi) is 3.89. The maximum Gasteiger partial charge on any atom is 0.259 e. The SMILES string of the molecule is COc1ccccc1C(=O)Nc1ccccc1S. The molecule has 0 aliphatic rings. The molecule has 0 aromatic heterocycles. The zero-order chi connectivity index (χ0) is 13.0. The largest absolute Gasteiger partial charge is 0.496 e. The Morgan fingerprint density at radius 2 is 1.78 bits per heavy atom. The van der Waals surface area contributed by atoms with Gasteiger partial charge in [-0.25, -0.2) is 0 Å². The molecule has 92 valence electrons. The Balaban J connectivity index is 2.25. The third kappa shape index (κ3) is 2.65. The zero-order valence-corrected chi connectivity index (χ0v) is 10.8. The van der Waals surface area contributed by atoms with Crippen LogP contribution in [0.25, 0.3) is 0 Å². The second kappa shape index (κ2) is 5.60. The predicted molar refractivity (Wildman–Crippen MR) is 74.6 cm³/mol. The molecule has 0 spiro atoms. The van der Waals surface area contributed by atoms with E-state index in [-0.39, 0.29) is 5.91 Å². The van der Waals surface area contributed by atoms with Gasteiger partial charge in [-0.1, -0.05) is 24.3 Å². The number of carbonyl (C=O) groups is 1. The minimum atomic E-state index is -0.214. The van der Waals surface area contributed by atoms with Crippen molar-refractivity contribution < 1.29 is 9.53 Å². The molecule has 2 aromatic carbocycles. The van der Waals surface area contributed by atoms with Crippen LogP contribution in [-0.4, -0.2) is 13.0 Å². The minimum Gasteiger partial charge on any atom is -0.496 e. The molecule has 0 unspecified atom stereocenters. The maximum absolute atomic E-state index is 12.1. The number of benzene rings is 2. The quantitative estimate of drug-likeness (QED) is 0.830. The lowest BCUT2D eigenvalue weighted by atomic mass is 10.2. The molecule has 1 N–H and O–H groups in total. The Morgan fingerprint density at radius 3 is 2.50 bits per heavy atom. The number of amides is 1. The van der Waals surface area contributed by atoms with Crippen molar-refractivity contribution in [3.63, 3.8) is 0 Å². The summed E-state index contributed by atoms with van der Waals surface area (Å²) in [5.41, 5.74) is 1.17. The van der Waals surface area contributed by atoms with Crippen LogP contribution < -0.4 is 10.1 Å².